The Kier molecular flexibility index (Phi) is 3.15. The van der Waals surface area contributed by atoms with Gasteiger partial charge in [-0.05, 0) is 62.2 Å². The monoisotopic (exact) mass is 307 g/mol. The van der Waals surface area contributed by atoms with Crippen LogP contribution in [0, 0.1) is 17.3 Å². The minimum absolute atomic E-state index is 0.297. The summed E-state index contributed by atoms with van der Waals surface area (Å²) in [7, 11) is 0. The van der Waals surface area contributed by atoms with Gasteiger partial charge in [-0.15, -0.1) is 21.8 Å². The molecule has 1 heterocycles. The van der Waals surface area contributed by atoms with E-state index in [1.165, 1.54) is 44.3 Å². The van der Waals surface area contributed by atoms with Crippen LogP contribution in [0.3, 0.4) is 0 Å². The molecule has 4 heteroatoms. The zero-order chi connectivity index (χ0) is 14.7. The quantitative estimate of drug-likeness (QED) is 0.777. The first-order valence-electron chi connectivity index (χ1n) is 8.56. The fraction of sp³-hybridized carbons (Fsp3) is 0.882. The molecular formula is C17H26ClN3. The second-order valence-corrected chi connectivity index (χ2v) is 8.54. The largest absolute Gasteiger partial charge is 0.314 e. The van der Waals surface area contributed by atoms with Gasteiger partial charge in [0, 0.05) is 12.0 Å². The standard InChI is InChI=1S/C17H26ClN3/c1-3-4-21-14(10-18)19-20-15(21)17-8-12-5-13(9-17)7-16(2,6-12)11-17/h12-13H,3-11H2,1-2H3. The number of nitrogens with zero attached hydrogens (tertiary/aromatic N) is 3. The van der Waals surface area contributed by atoms with Crippen molar-refractivity contribution in [3.05, 3.63) is 11.6 Å². The van der Waals surface area contributed by atoms with Crippen molar-refractivity contribution in [2.24, 2.45) is 17.3 Å². The maximum absolute atomic E-state index is 6.09. The molecule has 2 atom stereocenters. The van der Waals surface area contributed by atoms with Crippen molar-refractivity contribution < 1.29 is 0 Å². The fourth-order valence-corrected chi connectivity index (χ4v) is 6.46. The van der Waals surface area contributed by atoms with E-state index in [-0.39, 0.29) is 0 Å². The molecule has 1 aromatic rings. The lowest BCUT2D eigenvalue weighted by Crippen LogP contribution is -2.53. The van der Waals surface area contributed by atoms with Crippen LogP contribution >= 0.6 is 11.6 Å². The van der Waals surface area contributed by atoms with Crippen LogP contribution in [0.4, 0.5) is 0 Å². The minimum Gasteiger partial charge on any atom is -0.314 e. The molecule has 4 fully saturated rings. The van der Waals surface area contributed by atoms with Gasteiger partial charge >= 0.3 is 0 Å². The summed E-state index contributed by atoms with van der Waals surface area (Å²) >= 11 is 6.09. The molecule has 3 nitrogen and oxygen atoms in total. The maximum Gasteiger partial charge on any atom is 0.147 e. The molecule has 4 aliphatic rings. The van der Waals surface area contributed by atoms with E-state index in [4.69, 9.17) is 11.6 Å². The van der Waals surface area contributed by atoms with Crippen LogP contribution in [0.1, 0.15) is 70.4 Å². The van der Waals surface area contributed by atoms with E-state index in [1.54, 1.807) is 0 Å². The van der Waals surface area contributed by atoms with E-state index in [0.29, 0.717) is 16.7 Å². The van der Waals surface area contributed by atoms with Gasteiger partial charge in [-0.3, -0.25) is 0 Å². The number of halogens is 1. The molecule has 0 amide bonds. The highest BCUT2D eigenvalue weighted by atomic mass is 35.5. The molecule has 4 aliphatic carbocycles. The molecule has 0 aromatic carbocycles. The van der Waals surface area contributed by atoms with Crippen molar-refractivity contribution in [3.8, 4) is 0 Å². The number of rotatable bonds is 4. The maximum atomic E-state index is 6.09. The summed E-state index contributed by atoms with van der Waals surface area (Å²) in [6.45, 7) is 5.75. The molecule has 1 aromatic heterocycles. The third kappa shape index (κ3) is 2.07. The van der Waals surface area contributed by atoms with E-state index < -0.39 is 0 Å². The summed E-state index contributed by atoms with van der Waals surface area (Å²) in [5, 5.41) is 9.07. The van der Waals surface area contributed by atoms with Gasteiger partial charge in [0.2, 0.25) is 0 Å². The topological polar surface area (TPSA) is 30.7 Å². The smallest absolute Gasteiger partial charge is 0.147 e. The number of hydrogen-bond donors (Lipinski definition) is 0. The van der Waals surface area contributed by atoms with Crippen LogP contribution in [0.25, 0.3) is 0 Å². The predicted octanol–water partition coefficient (Wildman–Crippen LogP) is 4.28. The lowest BCUT2D eigenvalue weighted by molar-refractivity contribution is -0.0661. The molecule has 5 rings (SSSR count). The van der Waals surface area contributed by atoms with Crippen LogP contribution in [0.15, 0.2) is 0 Å². The minimum atomic E-state index is 0.297. The summed E-state index contributed by atoms with van der Waals surface area (Å²) in [6, 6.07) is 0. The third-order valence-electron chi connectivity index (χ3n) is 6.22. The van der Waals surface area contributed by atoms with E-state index in [0.717, 1.165) is 30.6 Å². The Morgan fingerprint density at radius 3 is 2.48 bits per heavy atom. The average molecular weight is 308 g/mol. The highest BCUT2D eigenvalue weighted by molar-refractivity contribution is 6.16. The number of aromatic nitrogens is 3. The second kappa shape index (κ2) is 4.71. The van der Waals surface area contributed by atoms with Gasteiger partial charge in [-0.2, -0.15) is 0 Å². The van der Waals surface area contributed by atoms with Crippen molar-refractivity contribution >= 4 is 11.6 Å². The second-order valence-electron chi connectivity index (χ2n) is 8.28. The molecule has 0 radical (unpaired) electrons. The molecule has 4 bridgehead atoms. The molecule has 116 valence electrons. The van der Waals surface area contributed by atoms with Gasteiger partial charge in [-0.1, -0.05) is 13.8 Å². The van der Waals surface area contributed by atoms with Gasteiger partial charge in [0.15, 0.2) is 0 Å². The van der Waals surface area contributed by atoms with Crippen LogP contribution < -0.4 is 0 Å². The Balaban J connectivity index is 1.77. The predicted molar refractivity (Wildman–Crippen MR) is 84.3 cm³/mol. The number of alkyl halides is 1. The Morgan fingerprint density at radius 1 is 1.19 bits per heavy atom. The molecule has 0 aliphatic heterocycles. The fourth-order valence-electron chi connectivity index (χ4n) is 6.27. The number of hydrogen-bond acceptors (Lipinski definition) is 2. The molecular weight excluding hydrogens is 282 g/mol. The SMILES string of the molecule is CCCn1c(CCl)nnc1C12CC3CC(CC(C)(C3)C1)C2. The lowest BCUT2D eigenvalue weighted by Gasteiger charge is -2.60. The Labute approximate surface area is 132 Å². The van der Waals surface area contributed by atoms with Gasteiger partial charge in [0.25, 0.3) is 0 Å². The molecule has 4 saturated carbocycles. The van der Waals surface area contributed by atoms with E-state index in [2.05, 4.69) is 28.6 Å². The Bertz CT molecular complexity index is 536. The molecule has 0 spiro atoms. The summed E-state index contributed by atoms with van der Waals surface area (Å²) in [6.07, 6.45) is 9.45. The van der Waals surface area contributed by atoms with Crippen molar-refractivity contribution in [1.82, 2.24) is 14.8 Å². The Morgan fingerprint density at radius 2 is 1.90 bits per heavy atom. The van der Waals surface area contributed by atoms with Crippen molar-refractivity contribution in [1.29, 1.82) is 0 Å². The molecule has 0 N–H and O–H groups in total. The molecule has 2 unspecified atom stereocenters. The third-order valence-corrected chi connectivity index (χ3v) is 6.46. The van der Waals surface area contributed by atoms with Crippen LogP contribution in [0.2, 0.25) is 0 Å². The highest BCUT2D eigenvalue weighted by Crippen LogP contribution is 2.65. The van der Waals surface area contributed by atoms with Crippen LogP contribution in [0.5, 0.6) is 0 Å². The lowest BCUT2D eigenvalue weighted by atomic mass is 9.44. The van der Waals surface area contributed by atoms with Crippen molar-refractivity contribution in [2.75, 3.05) is 0 Å². The first kappa shape index (κ1) is 14.0. The summed E-state index contributed by atoms with van der Waals surface area (Å²) < 4.78 is 2.35. The normalized spacial score (nSPS) is 40.9. The summed E-state index contributed by atoms with van der Waals surface area (Å²) in [4.78, 5) is 0. The summed E-state index contributed by atoms with van der Waals surface area (Å²) in [5.41, 5.74) is 0.847. The van der Waals surface area contributed by atoms with Crippen LogP contribution in [-0.4, -0.2) is 14.8 Å². The van der Waals surface area contributed by atoms with Gasteiger partial charge in [-0.25, -0.2) is 0 Å². The zero-order valence-corrected chi connectivity index (χ0v) is 14.0. The van der Waals surface area contributed by atoms with Crippen molar-refractivity contribution in [3.63, 3.8) is 0 Å². The van der Waals surface area contributed by atoms with E-state index in [9.17, 15) is 0 Å². The van der Waals surface area contributed by atoms with Gasteiger partial charge in [0.1, 0.15) is 11.6 Å². The van der Waals surface area contributed by atoms with Crippen LogP contribution in [-0.2, 0) is 17.8 Å². The molecule has 0 saturated heterocycles. The first-order chi connectivity index (χ1) is 10.1. The van der Waals surface area contributed by atoms with Gasteiger partial charge in [0.05, 0.1) is 5.88 Å². The molecule has 21 heavy (non-hydrogen) atoms. The Hall–Kier alpha value is -0.570. The first-order valence-corrected chi connectivity index (χ1v) is 9.09. The van der Waals surface area contributed by atoms with Crippen molar-refractivity contribution in [2.45, 2.75) is 76.6 Å². The summed E-state index contributed by atoms with van der Waals surface area (Å²) in [5.74, 6) is 4.55. The van der Waals surface area contributed by atoms with E-state index in [1.807, 2.05) is 0 Å². The highest BCUT2D eigenvalue weighted by Gasteiger charge is 2.58. The zero-order valence-electron chi connectivity index (χ0n) is 13.2. The van der Waals surface area contributed by atoms with Gasteiger partial charge < -0.3 is 4.57 Å². The average Bonchev–Trinajstić information content (AvgIpc) is 2.80. The van der Waals surface area contributed by atoms with E-state index >= 15 is 0 Å².